The highest BCUT2D eigenvalue weighted by Crippen LogP contribution is 2.29. The molecular formula is C24H31NO3. The topological polar surface area (TPSA) is 60.8 Å². The standard InChI is InChI=1S/C23H29NO.CH2O2/c25-23(12-9-18-5-2-1-3-6-18)21-11-10-19-13-15-24(22-7-4-8-22)16-14-20(19)17-21;2-1-3/h1-3,5-6,10-11,17,22-23,25H,4,7-9,12-16H2;1H,(H,2,3). The van der Waals surface area contributed by atoms with E-state index in [1.807, 2.05) is 6.07 Å². The first kappa shape index (κ1) is 20.6. The number of hydrogen-bond donors (Lipinski definition) is 2. The van der Waals surface area contributed by atoms with Gasteiger partial charge >= 0.3 is 0 Å². The second-order valence-corrected chi connectivity index (χ2v) is 7.79. The quantitative estimate of drug-likeness (QED) is 0.769. The number of fused-ring (bicyclic) bond motifs is 1. The predicted octanol–water partition coefficient (Wildman–Crippen LogP) is 4.01. The van der Waals surface area contributed by atoms with Gasteiger partial charge in [-0.15, -0.1) is 0 Å². The summed E-state index contributed by atoms with van der Waals surface area (Å²) in [5.41, 5.74) is 5.33. The van der Waals surface area contributed by atoms with Gasteiger partial charge in [-0.3, -0.25) is 9.69 Å². The minimum atomic E-state index is -0.364. The fraction of sp³-hybridized carbons (Fsp3) is 0.458. The van der Waals surface area contributed by atoms with E-state index in [1.165, 1.54) is 49.0 Å². The molecule has 2 aromatic carbocycles. The summed E-state index contributed by atoms with van der Waals surface area (Å²) < 4.78 is 0. The Labute approximate surface area is 167 Å². The molecule has 0 amide bonds. The summed E-state index contributed by atoms with van der Waals surface area (Å²) in [4.78, 5) is 11.1. The van der Waals surface area contributed by atoms with Gasteiger partial charge in [0.15, 0.2) is 0 Å². The lowest BCUT2D eigenvalue weighted by molar-refractivity contribution is -0.122. The molecule has 28 heavy (non-hydrogen) atoms. The zero-order valence-corrected chi connectivity index (χ0v) is 16.5. The Kier molecular flexibility index (Phi) is 7.63. The first-order chi connectivity index (χ1) is 13.7. The minimum Gasteiger partial charge on any atom is -0.483 e. The van der Waals surface area contributed by atoms with Crippen LogP contribution in [-0.4, -0.2) is 40.7 Å². The molecule has 1 heterocycles. The van der Waals surface area contributed by atoms with Crippen LogP contribution in [0.5, 0.6) is 0 Å². The van der Waals surface area contributed by atoms with Gasteiger partial charge in [0.1, 0.15) is 0 Å². The molecule has 2 aliphatic rings. The van der Waals surface area contributed by atoms with Gasteiger partial charge in [-0.25, -0.2) is 0 Å². The highest BCUT2D eigenvalue weighted by atomic mass is 16.3. The second kappa shape index (κ2) is 10.4. The van der Waals surface area contributed by atoms with E-state index in [0.29, 0.717) is 0 Å². The lowest BCUT2D eigenvalue weighted by Crippen LogP contribution is -2.41. The van der Waals surface area contributed by atoms with E-state index in [-0.39, 0.29) is 12.6 Å². The Morgan fingerprint density at radius 3 is 2.36 bits per heavy atom. The average Bonchev–Trinajstić information content (AvgIpc) is 2.88. The van der Waals surface area contributed by atoms with Crippen molar-refractivity contribution in [1.29, 1.82) is 0 Å². The van der Waals surface area contributed by atoms with Gasteiger partial charge in [-0.2, -0.15) is 0 Å². The molecule has 4 nitrogen and oxygen atoms in total. The monoisotopic (exact) mass is 381 g/mol. The van der Waals surface area contributed by atoms with Crippen LogP contribution in [0.4, 0.5) is 0 Å². The molecule has 1 fully saturated rings. The van der Waals surface area contributed by atoms with Crippen LogP contribution in [-0.2, 0) is 24.1 Å². The van der Waals surface area contributed by atoms with Crippen molar-refractivity contribution in [2.75, 3.05) is 13.1 Å². The molecular weight excluding hydrogens is 350 g/mol. The van der Waals surface area contributed by atoms with Crippen LogP contribution < -0.4 is 0 Å². The lowest BCUT2D eigenvalue weighted by atomic mass is 9.91. The molecule has 0 saturated heterocycles. The third-order valence-electron chi connectivity index (χ3n) is 6.09. The molecule has 0 spiro atoms. The number of aryl methyl sites for hydroxylation is 1. The molecule has 2 N–H and O–H groups in total. The van der Waals surface area contributed by atoms with Crippen LogP contribution in [0.25, 0.3) is 0 Å². The Morgan fingerprint density at radius 1 is 1.04 bits per heavy atom. The number of benzene rings is 2. The summed E-state index contributed by atoms with van der Waals surface area (Å²) in [5, 5.41) is 17.5. The normalized spacial score (nSPS) is 18.0. The summed E-state index contributed by atoms with van der Waals surface area (Å²) in [6.07, 6.45) is 7.82. The molecule has 4 rings (SSSR count). The largest absolute Gasteiger partial charge is 0.483 e. The summed E-state index contributed by atoms with van der Waals surface area (Å²) in [7, 11) is 0. The number of aliphatic hydroxyl groups excluding tert-OH is 1. The Balaban J connectivity index is 0.000000706. The summed E-state index contributed by atoms with van der Waals surface area (Å²) in [6.45, 7) is 2.13. The van der Waals surface area contributed by atoms with Gasteiger partial charge in [-0.05, 0) is 60.8 Å². The van der Waals surface area contributed by atoms with Gasteiger partial charge in [-0.1, -0.05) is 55.0 Å². The van der Waals surface area contributed by atoms with E-state index in [9.17, 15) is 5.11 Å². The number of hydrogen-bond acceptors (Lipinski definition) is 3. The van der Waals surface area contributed by atoms with Gasteiger partial charge in [0.05, 0.1) is 6.10 Å². The van der Waals surface area contributed by atoms with E-state index in [1.54, 1.807) is 0 Å². The number of rotatable bonds is 5. The van der Waals surface area contributed by atoms with E-state index in [4.69, 9.17) is 9.90 Å². The zero-order valence-electron chi connectivity index (χ0n) is 16.5. The maximum atomic E-state index is 10.6. The maximum absolute atomic E-state index is 10.6. The van der Waals surface area contributed by atoms with Gasteiger partial charge in [0.2, 0.25) is 0 Å². The Hall–Kier alpha value is -2.17. The average molecular weight is 382 g/mol. The predicted molar refractivity (Wildman–Crippen MR) is 111 cm³/mol. The van der Waals surface area contributed by atoms with Crippen molar-refractivity contribution in [2.24, 2.45) is 0 Å². The first-order valence-electron chi connectivity index (χ1n) is 10.4. The van der Waals surface area contributed by atoms with Crippen LogP contribution in [0, 0.1) is 0 Å². The van der Waals surface area contributed by atoms with Crippen LogP contribution >= 0.6 is 0 Å². The van der Waals surface area contributed by atoms with E-state index in [0.717, 1.165) is 37.3 Å². The van der Waals surface area contributed by atoms with Gasteiger partial charge < -0.3 is 10.2 Å². The van der Waals surface area contributed by atoms with Crippen molar-refractivity contribution in [3.63, 3.8) is 0 Å². The van der Waals surface area contributed by atoms with Crippen molar-refractivity contribution >= 4 is 6.47 Å². The fourth-order valence-corrected chi connectivity index (χ4v) is 4.20. The van der Waals surface area contributed by atoms with Crippen molar-refractivity contribution < 1.29 is 15.0 Å². The SMILES string of the molecule is O=CO.OC(CCc1ccccc1)c1ccc2c(c1)CCN(C1CCC1)CC2. The van der Waals surface area contributed by atoms with Crippen LogP contribution in [0.15, 0.2) is 48.5 Å². The third-order valence-corrected chi connectivity index (χ3v) is 6.09. The summed E-state index contributed by atoms with van der Waals surface area (Å²) in [5.74, 6) is 0. The zero-order chi connectivity index (χ0) is 19.8. The Bertz CT molecular complexity index is 743. The third kappa shape index (κ3) is 5.43. The van der Waals surface area contributed by atoms with E-state index in [2.05, 4.69) is 47.4 Å². The van der Waals surface area contributed by atoms with Gasteiger partial charge in [0, 0.05) is 19.1 Å². The lowest BCUT2D eigenvalue weighted by Gasteiger charge is -2.36. The molecule has 1 unspecified atom stereocenters. The minimum absolute atomic E-state index is 0.250. The van der Waals surface area contributed by atoms with Crippen LogP contribution in [0.2, 0.25) is 0 Å². The maximum Gasteiger partial charge on any atom is 0.290 e. The van der Waals surface area contributed by atoms with Crippen LogP contribution in [0.1, 0.15) is 54.0 Å². The molecule has 0 radical (unpaired) electrons. The second-order valence-electron chi connectivity index (χ2n) is 7.79. The number of aliphatic hydroxyl groups is 1. The highest BCUT2D eigenvalue weighted by molar-refractivity contribution is 5.35. The molecule has 1 saturated carbocycles. The molecule has 0 aromatic heterocycles. The summed E-state index contributed by atoms with van der Waals surface area (Å²) >= 11 is 0. The van der Waals surface area contributed by atoms with Crippen molar-refractivity contribution in [2.45, 2.75) is 57.1 Å². The smallest absolute Gasteiger partial charge is 0.290 e. The number of carboxylic acid groups (broad SMARTS) is 1. The molecule has 4 heteroatoms. The van der Waals surface area contributed by atoms with E-state index >= 15 is 0 Å². The summed E-state index contributed by atoms with van der Waals surface area (Å²) in [6, 6.07) is 18.0. The molecule has 2 aromatic rings. The van der Waals surface area contributed by atoms with Crippen molar-refractivity contribution in [3.05, 3.63) is 70.8 Å². The van der Waals surface area contributed by atoms with E-state index < -0.39 is 0 Å². The molecule has 150 valence electrons. The number of nitrogens with zero attached hydrogens (tertiary/aromatic N) is 1. The fourth-order valence-electron chi connectivity index (χ4n) is 4.20. The highest BCUT2D eigenvalue weighted by Gasteiger charge is 2.26. The number of carbonyl (C=O) groups is 1. The molecule has 1 aliphatic heterocycles. The molecule has 1 aliphatic carbocycles. The molecule has 0 bridgehead atoms. The molecule has 1 atom stereocenters. The van der Waals surface area contributed by atoms with Crippen molar-refractivity contribution in [3.8, 4) is 0 Å². The van der Waals surface area contributed by atoms with Crippen molar-refractivity contribution in [1.82, 2.24) is 4.90 Å². The van der Waals surface area contributed by atoms with Crippen LogP contribution in [0.3, 0.4) is 0 Å². The van der Waals surface area contributed by atoms with Gasteiger partial charge in [0.25, 0.3) is 6.47 Å². The first-order valence-corrected chi connectivity index (χ1v) is 10.4. The Morgan fingerprint density at radius 2 is 1.71 bits per heavy atom.